The molecule has 2 aromatic carbocycles. The van der Waals surface area contributed by atoms with E-state index in [1.807, 2.05) is 31.2 Å². The van der Waals surface area contributed by atoms with Crippen molar-refractivity contribution >= 4 is 34.9 Å². The van der Waals surface area contributed by atoms with Crippen LogP contribution in [0.2, 0.25) is 5.02 Å². The number of carbonyl (C=O) groups is 2. The van der Waals surface area contributed by atoms with Crippen LogP contribution in [0.25, 0.3) is 11.1 Å². The Balaban J connectivity index is 1.52. The Bertz CT molecular complexity index is 1060. The molecule has 0 saturated carbocycles. The highest BCUT2D eigenvalue weighted by Crippen LogP contribution is 2.36. The van der Waals surface area contributed by atoms with E-state index in [-0.39, 0.29) is 18.2 Å². The van der Waals surface area contributed by atoms with E-state index in [9.17, 15) is 9.59 Å². The van der Waals surface area contributed by atoms with E-state index in [4.69, 9.17) is 16.3 Å². The lowest BCUT2D eigenvalue weighted by molar-refractivity contribution is -0.123. The molecule has 2 N–H and O–H groups in total. The average Bonchev–Trinajstić information content (AvgIpc) is 3.24. The van der Waals surface area contributed by atoms with E-state index in [0.29, 0.717) is 28.9 Å². The van der Waals surface area contributed by atoms with Gasteiger partial charge in [-0.05, 0) is 36.8 Å². The summed E-state index contributed by atoms with van der Waals surface area (Å²) in [5, 5.41) is 10.6. The molecule has 7 nitrogen and oxygen atoms in total. The first-order chi connectivity index (χ1) is 14.1. The van der Waals surface area contributed by atoms with Crippen LogP contribution in [0.15, 0.2) is 54.7 Å². The molecule has 1 aliphatic rings. The van der Waals surface area contributed by atoms with Gasteiger partial charge in [-0.15, -0.1) is 0 Å². The zero-order valence-electron chi connectivity index (χ0n) is 15.7. The number of rotatable bonds is 6. The van der Waals surface area contributed by atoms with E-state index in [0.717, 1.165) is 11.1 Å². The second-order valence-corrected chi connectivity index (χ2v) is 6.98. The zero-order chi connectivity index (χ0) is 20.4. The van der Waals surface area contributed by atoms with Crippen molar-refractivity contribution in [2.45, 2.75) is 19.4 Å². The molecule has 8 heteroatoms. The quantitative estimate of drug-likeness (QED) is 0.640. The molecule has 1 unspecified atom stereocenters. The van der Waals surface area contributed by atoms with Crippen molar-refractivity contribution in [1.29, 1.82) is 0 Å². The fourth-order valence-corrected chi connectivity index (χ4v) is 3.41. The summed E-state index contributed by atoms with van der Waals surface area (Å²) in [6.07, 6.45) is 1.63. The lowest BCUT2D eigenvalue weighted by Gasteiger charge is -2.13. The number of anilines is 2. The minimum atomic E-state index is -0.717. The van der Waals surface area contributed by atoms with E-state index < -0.39 is 6.04 Å². The molecule has 0 fully saturated rings. The highest BCUT2D eigenvalue weighted by molar-refractivity contribution is 6.30. The Hall–Kier alpha value is -3.32. The summed E-state index contributed by atoms with van der Waals surface area (Å²) < 4.78 is 7.08. The number of hydrogen-bond donors (Lipinski definition) is 2. The van der Waals surface area contributed by atoms with Gasteiger partial charge in [0, 0.05) is 10.6 Å². The van der Waals surface area contributed by atoms with Gasteiger partial charge in [0.1, 0.15) is 17.6 Å². The highest BCUT2D eigenvalue weighted by Gasteiger charge is 2.35. The van der Waals surface area contributed by atoms with Gasteiger partial charge in [0.2, 0.25) is 5.91 Å². The number of fused-ring (bicyclic) bond motifs is 1. The van der Waals surface area contributed by atoms with Crippen molar-refractivity contribution < 1.29 is 14.3 Å². The highest BCUT2D eigenvalue weighted by atomic mass is 35.5. The van der Waals surface area contributed by atoms with Crippen molar-refractivity contribution in [2.24, 2.45) is 0 Å². The molecule has 3 aromatic rings. The second kappa shape index (κ2) is 7.97. The molecular formula is C21H19ClN4O3. The molecule has 2 heterocycles. The summed E-state index contributed by atoms with van der Waals surface area (Å²) in [4.78, 5) is 25.1. The third kappa shape index (κ3) is 3.82. The van der Waals surface area contributed by atoms with Crippen molar-refractivity contribution in [2.75, 3.05) is 17.2 Å². The predicted octanol–water partition coefficient (Wildman–Crippen LogP) is 4.12. The monoisotopic (exact) mass is 410 g/mol. The number of ether oxygens (including phenoxy) is 1. The fraction of sp³-hybridized carbons (Fsp3) is 0.190. The molecule has 1 aliphatic heterocycles. The molecule has 29 heavy (non-hydrogen) atoms. The number of para-hydroxylation sites is 2. The molecule has 0 saturated heterocycles. The molecular weight excluding hydrogens is 392 g/mol. The molecule has 0 spiro atoms. The first-order valence-corrected chi connectivity index (χ1v) is 9.60. The number of amides is 2. The molecule has 0 bridgehead atoms. The summed E-state index contributed by atoms with van der Waals surface area (Å²) in [6.45, 7) is 2.36. The molecule has 4 rings (SSSR count). The lowest BCUT2D eigenvalue weighted by atomic mass is 10.1. The summed E-state index contributed by atoms with van der Waals surface area (Å²) in [5.41, 5.74) is 2.23. The van der Waals surface area contributed by atoms with Crippen LogP contribution in [0.3, 0.4) is 0 Å². The minimum Gasteiger partial charge on any atom is -0.492 e. The smallest absolute Gasteiger partial charge is 0.251 e. The van der Waals surface area contributed by atoms with E-state index >= 15 is 0 Å². The minimum absolute atomic E-state index is 0.0406. The van der Waals surface area contributed by atoms with Crippen LogP contribution in [-0.2, 0) is 9.59 Å². The summed E-state index contributed by atoms with van der Waals surface area (Å²) >= 11 is 5.95. The van der Waals surface area contributed by atoms with Crippen LogP contribution in [0, 0.1) is 0 Å². The third-order valence-electron chi connectivity index (χ3n) is 4.63. The molecule has 2 amide bonds. The van der Waals surface area contributed by atoms with Crippen molar-refractivity contribution in [3.63, 3.8) is 0 Å². The number of aromatic nitrogens is 2. The second-order valence-electron chi connectivity index (χ2n) is 6.54. The normalized spacial score (nSPS) is 15.0. The maximum Gasteiger partial charge on any atom is 0.251 e. The van der Waals surface area contributed by atoms with Gasteiger partial charge < -0.3 is 15.4 Å². The number of benzene rings is 2. The first-order valence-electron chi connectivity index (χ1n) is 9.23. The van der Waals surface area contributed by atoms with Gasteiger partial charge in [-0.2, -0.15) is 5.10 Å². The van der Waals surface area contributed by atoms with Crippen molar-refractivity contribution in [1.82, 2.24) is 9.78 Å². The molecule has 1 aromatic heterocycles. The first kappa shape index (κ1) is 19.0. The lowest BCUT2D eigenvalue weighted by Crippen LogP contribution is -2.23. The van der Waals surface area contributed by atoms with Gasteiger partial charge in [-0.1, -0.05) is 35.9 Å². The Morgan fingerprint density at radius 1 is 1.24 bits per heavy atom. The molecule has 148 valence electrons. The Morgan fingerprint density at radius 2 is 2.00 bits per heavy atom. The number of halogens is 1. The van der Waals surface area contributed by atoms with Gasteiger partial charge >= 0.3 is 0 Å². The number of carbonyl (C=O) groups excluding carboxylic acids is 2. The standard InChI is InChI=1S/C21H19ClN4O3/c1-2-29-18-6-4-3-5-16(18)24-19(27)11-17-21(28)25-20-15(12-23-26(17)20)13-7-9-14(22)10-8-13/h3-10,12,17H,2,11H2,1H3,(H,24,27)(H,25,28). The number of hydrogen-bond acceptors (Lipinski definition) is 4. The van der Waals surface area contributed by atoms with E-state index in [2.05, 4.69) is 15.7 Å². The Kier molecular flexibility index (Phi) is 5.22. The van der Waals surface area contributed by atoms with Crippen LogP contribution in [0.1, 0.15) is 19.4 Å². The summed E-state index contributed by atoms with van der Waals surface area (Å²) in [6, 6.07) is 13.7. The van der Waals surface area contributed by atoms with Crippen LogP contribution in [0.4, 0.5) is 11.5 Å². The maximum absolute atomic E-state index is 12.6. The van der Waals surface area contributed by atoms with E-state index in [1.54, 1.807) is 35.1 Å². The number of nitrogens with one attached hydrogen (secondary N) is 2. The Labute approximate surface area is 172 Å². The van der Waals surface area contributed by atoms with Crippen LogP contribution in [-0.4, -0.2) is 28.2 Å². The molecule has 0 radical (unpaired) electrons. The zero-order valence-corrected chi connectivity index (χ0v) is 16.4. The van der Waals surface area contributed by atoms with Crippen molar-refractivity contribution in [3.05, 3.63) is 59.8 Å². The van der Waals surface area contributed by atoms with Crippen LogP contribution < -0.4 is 15.4 Å². The topological polar surface area (TPSA) is 85.2 Å². The van der Waals surface area contributed by atoms with Gasteiger partial charge in [0.25, 0.3) is 5.91 Å². The average molecular weight is 411 g/mol. The Morgan fingerprint density at radius 3 is 2.76 bits per heavy atom. The SMILES string of the molecule is CCOc1ccccc1NC(=O)CC1C(=O)Nc2c(-c3ccc(Cl)cc3)cnn21. The van der Waals surface area contributed by atoms with Crippen molar-refractivity contribution in [3.8, 4) is 16.9 Å². The summed E-state index contributed by atoms with van der Waals surface area (Å²) in [7, 11) is 0. The van der Waals surface area contributed by atoms with Crippen LogP contribution >= 0.6 is 11.6 Å². The third-order valence-corrected chi connectivity index (χ3v) is 4.88. The molecule has 1 atom stereocenters. The molecule has 0 aliphatic carbocycles. The maximum atomic E-state index is 12.6. The predicted molar refractivity (Wildman–Crippen MR) is 111 cm³/mol. The van der Waals surface area contributed by atoms with Gasteiger partial charge in [-0.25, -0.2) is 4.68 Å². The van der Waals surface area contributed by atoms with E-state index in [1.165, 1.54) is 0 Å². The largest absolute Gasteiger partial charge is 0.492 e. The fourth-order valence-electron chi connectivity index (χ4n) is 3.28. The van der Waals surface area contributed by atoms with Gasteiger partial charge in [0.05, 0.1) is 24.9 Å². The van der Waals surface area contributed by atoms with Gasteiger partial charge in [0.15, 0.2) is 0 Å². The number of nitrogens with zero attached hydrogens (tertiary/aromatic N) is 2. The summed E-state index contributed by atoms with van der Waals surface area (Å²) in [5.74, 6) is 0.596. The van der Waals surface area contributed by atoms with Gasteiger partial charge in [-0.3, -0.25) is 9.59 Å². The van der Waals surface area contributed by atoms with Crippen LogP contribution in [0.5, 0.6) is 5.75 Å².